The zero-order valence-electron chi connectivity index (χ0n) is 12.4. The van der Waals surface area contributed by atoms with Gasteiger partial charge in [0, 0.05) is 24.1 Å². The molecule has 1 N–H and O–H groups in total. The van der Waals surface area contributed by atoms with E-state index in [4.69, 9.17) is 14.2 Å². The number of amides is 1. The summed E-state index contributed by atoms with van der Waals surface area (Å²) in [6.07, 6.45) is 0.805. The molecule has 0 radical (unpaired) electrons. The number of carbonyl (C=O) groups excluding carboxylic acids is 1. The van der Waals surface area contributed by atoms with Crippen LogP contribution in [0, 0.1) is 0 Å². The van der Waals surface area contributed by atoms with Crippen molar-refractivity contribution in [3.8, 4) is 11.5 Å². The molecular weight excluding hydrogens is 290 g/mol. The predicted molar refractivity (Wildman–Crippen MR) is 78.7 cm³/mol. The van der Waals surface area contributed by atoms with Gasteiger partial charge in [-0.2, -0.15) is 0 Å². The molecule has 0 saturated heterocycles. The van der Waals surface area contributed by atoms with E-state index in [0.717, 1.165) is 4.90 Å². The molecule has 7 nitrogen and oxygen atoms in total. The minimum atomic E-state index is -1.12. The molecular formula is C15H17NO6. The van der Waals surface area contributed by atoms with Crippen molar-refractivity contribution in [3.05, 3.63) is 30.4 Å². The lowest BCUT2D eigenvalue weighted by Crippen LogP contribution is -2.43. The van der Waals surface area contributed by atoms with Crippen LogP contribution in [-0.2, 0) is 16.0 Å². The fourth-order valence-corrected chi connectivity index (χ4v) is 2.40. The van der Waals surface area contributed by atoms with Crippen molar-refractivity contribution in [2.24, 2.45) is 0 Å². The molecule has 2 rings (SSSR count). The fraction of sp³-hybridized carbons (Fsp3) is 0.333. The number of hydrogen-bond acceptors (Lipinski definition) is 5. The van der Waals surface area contributed by atoms with Crippen LogP contribution in [0.3, 0.4) is 0 Å². The van der Waals surface area contributed by atoms with Crippen LogP contribution in [0.15, 0.2) is 24.8 Å². The lowest BCUT2D eigenvalue weighted by Gasteiger charge is -2.22. The number of carbonyl (C=O) groups is 2. The van der Waals surface area contributed by atoms with Crippen molar-refractivity contribution in [1.29, 1.82) is 0 Å². The van der Waals surface area contributed by atoms with E-state index in [1.165, 1.54) is 20.3 Å². The van der Waals surface area contributed by atoms with E-state index in [1.807, 2.05) is 0 Å². The van der Waals surface area contributed by atoms with Crippen molar-refractivity contribution in [2.75, 3.05) is 25.7 Å². The highest BCUT2D eigenvalue weighted by Gasteiger charge is 2.41. The third-order valence-electron chi connectivity index (χ3n) is 3.39. The Hall–Kier alpha value is -2.70. The molecule has 22 heavy (non-hydrogen) atoms. The second kappa shape index (κ2) is 6.38. The number of aliphatic carboxylic acids is 1. The molecule has 0 bridgehead atoms. The Balaban J connectivity index is 2.49. The molecule has 1 unspecified atom stereocenters. The highest BCUT2D eigenvalue weighted by Crippen LogP contribution is 2.42. The quantitative estimate of drug-likeness (QED) is 0.836. The average molecular weight is 307 g/mol. The van der Waals surface area contributed by atoms with Crippen molar-refractivity contribution >= 4 is 17.7 Å². The Morgan fingerprint density at radius 2 is 2.14 bits per heavy atom. The van der Waals surface area contributed by atoms with Gasteiger partial charge in [0.05, 0.1) is 19.9 Å². The maximum Gasteiger partial charge on any atom is 0.415 e. The van der Waals surface area contributed by atoms with Gasteiger partial charge in [-0.3, -0.25) is 4.90 Å². The molecule has 1 aromatic rings. The summed E-state index contributed by atoms with van der Waals surface area (Å²) < 4.78 is 15.4. The predicted octanol–water partition coefficient (Wildman–Crippen LogP) is 1.84. The zero-order valence-corrected chi connectivity index (χ0v) is 12.4. The molecule has 1 heterocycles. The molecule has 0 saturated carbocycles. The van der Waals surface area contributed by atoms with Crippen molar-refractivity contribution < 1.29 is 28.9 Å². The standard InChI is InChI=1S/C15H17NO6/c1-4-5-22-15(19)16-11-6-9(20-2)7-13(21-3)10(11)8-12(16)14(17)18/h4,6-7,12H,1,5,8H2,2-3H3,(H,17,18). The molecule has 0 fully saturated rings. The van der Waals surface area contributed by atoms with Gasteiger partial charge in [0.25, 0.3) is 0 Å². The largest absolute Gasteiger partial charge is 0.497 e. The summed E-state index contributed by atoms with van der Waals surface area (Å²) >= 11 is 0. The van der Waals surface area contributed by atoms with Crippen LogP contribution in [0.5, 0.6) is 11.5 Å². The topological polar surface area (TPSA) is 85.3 Å². The summed E-state index contributed by atoms with van der Waals surface area (Å²) in [5, 5.41) is 9.38. The minimum absolute atomic E-state index is 0.00188. The Kier molecular flexibility index (Phi) is 4.55. The number of ether oxygens (including phenoxy) is 3. The minimum Gasteiger partial charge on any atom is -0.497 e. The first kappa shape index (κ1) is 15.7. The van der Waals surface area contributed by atoms with Crippen LogP contribution in [0.2, 0.25) is 0 Å². The van der Waals surface area contributed by atoms with Crippen LogP contribution in [0.1, 0.15) is 5.56 Å². The monoisotopic (exact) mass is 307 g/mol. The Morgan fingerprint density at radius 3 is 2.68 bits per heavy atom. The number of carboxylic acid groups (broad SMARTS) is 1. The maximum absolute atomic E-state index is 12.2. The van der Waals surface area contributed by atoms with Gasteiger partial charge in [0.1, 0.15) is 24.1 Å². The fourth-order valence-electron chi connectivity index (χ4n) is 2.40. The summed E-state index contributed by atoms with van der Waals surface area (Å²) in [7, 11) is 2.95. The van der Waals surface area contributed by atoms with Crippen LogP contribution >= 0.6 is 0 Å². The summed E-state index contributed by atoms with van der Waals surface area (Å²) in [5.74, 6) is -0.185. The second-order valence-electron chi connectivity index (χ2n) is 4.62. The van der Waals surface area contributed by atoms with Gasteiger partial charge in [0.15, 0.2) is 0 Å². The summed E-state index contributed by atoms with van der Waals surface area (Å²) in [5.41, 5.74) is 1.05. The normalized spacial score (nSPS) is 15.9. The first-order chi connectivity index (χ1) is 10.5. The van der Waals surface area contributed by atoms with Crippen molar-refractivity contribution in [1.82, 2.24) is 0 Å². The van der Waals surface area contributed by atoms with E-state index in [2.05, 4.69) is 6.58 Å². The SMILES string of the molecule is C=CCOC(=O)N1c2cc(OC)cc(OC)c2CC1C(=O)O. The van der Waals surface area contributed by atoms with E-state index in [1.54, 1.807) is 12.1 Å². The highest BCUT2D eigenvalue weighted by atomic mass is 16.6. The van der Waals surface area contributed by atoms with E-state index in [9.17, 15) is 14.7 Å². The van der Waals surface area contributed by atoms with Crippen LogP contribution in [0.4, 0.5) is 10.5 Å². The van der Waals surface area contributed by atoms with Crippen molar-refractivity contribution in [2.45, 2.75) is 12.5 Å². The van der Waals surface area contributed by atoms with E-state index >= 15 is 0 Å². The van der Waals surface area contributed by atoms with Gasteiger partial charge < -0.3 is 19.3 Å². The number of carboxylic acids is 1. The lowest BCUT2D eigenvalue weighted by atomic mass is 10.1. The Morgan fingerprint density at radius 1 is 1.41 bits per heavy atom. The van der Waals surface area contributed by atoms with Gasteiger partial charge in [-0.25, -0.2) is 9.59 Å². The number of nitrogens with zero attached hydrogens (tertiary/aromatic N) is 1. The highest BCUT2D eigenvalue weighted by molar-refractivity contribution is 5.99. The number of methoxy groups -OCH3 is 2. The number of benzene rings is 1. The van der Waals surface area contributed by atoms with E-state index in [-0.39, 0.29) is 13.0 Å². The van der Waals surface area contributed by atoms with E-state index < -0.39 is 18.1 Å². The van der Waals surface area contributed by atoms with Gasteiger partial charge in [0.2, 0.25) is 0 Å². The first-order valence-corrected chi connectivity index (χ1v) is 6.58. The number of anilines is 1. The molecule has 1 atom stereocenters. The van der Waals surface area contributed by atoms with E-state index in [0.29, 0.717) is 22.7 Å². The Bertz CT molecular complexity index is 612. The smallest absolute Gasteiger partial charge is 0.415 e. The molecule has 0 aliphatic carbocycles. The molecule has 1 aliphatic heterocycles. The second-order valence-corrected chi connectivity index (χ2v) is 4.62. The van der Waals surface area contributed by atoms with Gasteiger partial charge in [-0.1, -0.05) is 12.7 Å². The molecule has 0 aromatic heterocycles. The summed E-state index contributed by atoms with van der Waals surface area (Å²) in [6.45, 7) is 3.46. The molecule has 1 aromatic carbocycles. The molecule has 118 valence electrons. The third kappa shape index (κ3) is 2.69. The summed E-state index contributed by atoms with van der Waals surface area (Å²) in [4.78, 5) is 24.8. The third-order valence-corrected chi connectivity index (χ3v) is 3.39. The van der Waals surface area contributed by atoms with Gasteiger partial charge in [-0.05, 0) is 0 Å². The maximum atomic E-state index is 12.2. The first-order valence-electron chi connectivity index (χ1n) is 6.58. The van der Waals surface area contributed by atoms with Gasteiger partial charge in [-0.15, -0.1) is 0 Å². The molecule has 0 spiro atoms. The molecule has 7 heteroatoms. The lowest BCUT2D eigenvalue weighted by molar-refractivity contribution is -0.138. The van der Waals surface area contributed by atoms with Crippen LogP contribution in [0.25, 0.3) is 0 Å². The molecule has 1 aliphatic rings. The van der Waals surface area contributed by atoms with Gasteiger partial charge >= 0.3 is 12.1 Å². The van der Waals surface area contributed by atoms with Crippen LogP contribution in [-0.4, -0.2) is 44.0 Å². The number of rotatable bonds is 5. The van der Waals surface area contributed by atoms with Crippen molar-refractivity contribution in [3.63, 3.8) is 0 Å². The summed E-state index contributed by atoms with van der Waals surface area (Å²) in [6, 6.07) is 2.19. The number of fused-ring (bicyclic) bond motifs is 1. The molecule has 1 amide bonds. The zero-order chi connectivity index (χ0) is 16.3. The Labute approximate surface area is 127 Å². The van der Waals surface area contributed by atoms with Crippen LogP contribution < -0.4 is 14.4 Å². The number of hydrogen-bond donors (Lipinski definition) is 1. The average Bonchev–Trinajstić information content (AvgIpc) is 2.91.